The van der Waals surface area contributed by atoms with E-state index in [1.165, 1.54) is 18.2 Å². The van der Waals surface area contributed by atoms with Crippen molar-refractivity contribution in [2.75, 3.05) is 5.32 Å². The van der Waals surface area contributed by atoms with Gasteiger partial charge in [0.15, 0.2) is 0 Å². The fraction of sp³-hybridized carbons (Fsp3) is 0.0667. The van der Waals surface area contributed by atoms with E-state index in [4.69, 9.17) is 5.73 Å². The molecule has 5 nitrogen and oxygen atoms in total. The van der Waals surface area contributed by atoms with Crippen molar-refractivity contribution in [2.24, 2.45) is 5.73 Å². The molecule has 0 bridgehead atoms. The normalized spacial score (nSPS) is 9.95. The number of ether oxygens (including phenoxy) is 1. The minimum atomic E-state index is -0.855. The molecule has 0 radical (unpaired) electrons. The maximum absolute atomic E-state index is 13.5. The number of halogens is 1. The summed E-state index contributed by atoms with van der Waals surface area (Å²) in [7, 11) is 0. The first kappa shape index (κ1) is 14.5. The van der Waals surface area contributed by atoms with Crippen LogP contribution in [0, 0.1) is 5.82 Å². The van der Waals surface area contributed by atoms with Crippen molar-refractivity contribution in [3.8, 4) is 0 Å². The van der Waals surface area contributed by atoms with Gasteiger partial charge in [-0.15, -0.1) is 0 Å². The maximum atomic E-state index is 13.5. The van der Waals surface area contributed by atoms with Gasteiger partial charge in [0, 0.05) is 5.69 Å². The Kier molecular flexibility index (Phi) is 4.50. The molecule has 0 spiro atoms. The summed E-state index contributed by atoms with van der Waals surface area (Å²) in [5, 5.41) is 2.58. The van der Waals surface area contributed by atoms with Crippen molar-refractivity contribution >= 4 is 17.7 Å². The van der Waals surface area contributed by atoms with Crippen LogP contribution in [0.2, 0.25) is 0 Å². The molecule has 0 unspecified atom stereocenters. The van der Waals surface area contributed by atoms with Crippen LogP contribution in [0.15, 0.2) is 48.5 Å². The average Bonchev–Trinajstić information content (AvgIpc) is 2.47. The predicted molar refractivity (Wildman–Crippen MR) is 75.2 cm³/mol. The lowest BCUT2D eigenvalue weighted by Gasteiger charge is -2.07. The SMILES string of the molecule is NC(=O)OCc1ccc(NC(=O)c2ccccc2F)cc1. The molecule has 0 atom stereocenters. The first-order chi connectivity index (χ1) is 10.1. The Morgan fingerprint density at radius 1 is 1.10 bits per heavy atom. The molecule has 2 aromatic rings. The fourth-order valence-corrected chi connectivity index (χ4v) is 1.68. The topological polar surface area (TPSA) is 81.4 Å². The molecule has 0 aliphatic carbocycles. The third-order valence-corrected chi connectivity index (χ3v) is 2.71. The van der Waals surface area contributed by atoms with Crippen LogP contribution in [0.5, 0.6) is 0 Å². The summed E-state index contributed by atoms with van der Waals surface area (Å²) < 4.78 is 18.1. The van der Waals surface area contributed by atoms with E-state index in [2.05, 4.69) is 10.1 Å². The van der Waals surface area contributed by atoms with Crippen LogP contribution in [-0.4, -0.2) is 12.0 Å². The number of carbonyl (C=O) groups is 2. The van der Waals surface area contributed by atoms with Gasteiger partial charge >= 0.3 is 6.09 Å². The van der Waals surface area contributed by atoms with E-state index in [-0.39, 0.29) is 12.2 Å². The summed E-state index contributed by atoms with van der Waals surface area (Å²) in [4.78, 5) is 22.4. The molecular weight excluding hydrogens is 275 g/mol. The summed E-state index contributed by atoms with van der Waals surface area (Å²) >= 11 is 0. The van der Waals surface area contributed by atoms with Crippen LogP contribution in [0.25, 0.3) is 0 Å². The molecule has 108 valence electrons. The predicted octanol–water partition coefficient (Wildman–Crippen LogP) is 2.67. The number of nitrogens with one attached hydrogen (secondary N) is 1. The lowest BCUT2D eigenvalue weighted by molar-refractivity contribution is 0.102. The third kappa shape index (κ3) is 4.04. The Morgan fingerprint density at radius 3 is 2.38 bits per heavy atom. The number of anilines is 1. The number of hydrogen-bond acceptors (Lipinski definition) is 3. The number of rotatable bonds is 4. The summed E-state index contributed by atoms with van der Waals surface area (Å²) in [6, 6.07) is 12.3. The van der Waals surface area contributed by atoms with E-state index >= 15 is 0 Å². The van der Waals surface area contributed by atoms with E-state index in [1.807, 2.05) is 0 Å². The second kappa shape index (κ2) is 6.51. The maximum Gasteiger partial charge on any atom is 0.404 e. The highest BCUT2D eigenvalue weighted by atomic mass is 19.1. The third-order valence-electron chi connectivity index (χ3n) is 2.71. The standard InChI is InChI=1S/C15H13FN2O3/c16-13-4-2-1-3-12(13)14(19)18-11-7-5-10(6-8-11)9-21-15(17)20/h1-8H,9H2,(H2,17,20)(H,18,19). The fourth-order valence-electron chi connectivity index (χ4n) is 1.68. The summed E-state index contributed by atoms with van der Waals surface area (Å²) in [5.41, 5.74) is 6.06. The van der Waals surface area contributed by atoms with Gasteiger partial charge in [0.25, 0.3) is 5.91 Å². The van der Waals surface area contributed by atoms with E-state index in [0.29, 0.717) is 5.69 Å². The molecule has 0 saturated heterocycles. The lowest BCUT2D eigenvalue weighted by Crippen LogP contribution is -2.14. The van der Waals surface area contributed by atoms with E-state index < -0.39 is 17.8 Å². The highest BCUT2D eigenvalue weighted by molar-refractivity contribution is 6.04. The van der Waals surface area contributed by atoms with Gasteiger partial charge in [-0.05, 0) is 29.8 Å². The van der Waals surface area contributed by atoms with Crippen LogP contribution in [-0.2, 0) is 11.3 Å². The van der Waals surface area contributed by atoms with Crippen LogP contribution in [0.1, 0.15) is 15.9 Å². The Morgan fingerprint density at radius 2 is 1.76 bits per heavy atom. The van der Waals surface area contributed by atoms with Crippen molar-refractivity contribution in [1.82, 2.24) is 0 Å². The zero-order valence-corrected chi connectivity index (χ0v) is 11.0. The number of primary amides is 1. The average molecular weight is 288 g/mol. The minimum Gasteiger partial charge on any atom is -0.445 e. The van der Waals surface area contributed by atoms with Crippen LogP contribution >= 0.6 is 0 Å². The van der Waals surface area contributed by atoms with Gasteiger partial charge in [-0.1, -0.05) is 24.3 Å². The molecule has 2 aromatic carbocycles. The molecular formula is C15H13FN2O3. The Balaban J connectivity index is 2.02. The van der Waals surface area contributed by atoms with Gasteiger partial charge in [0.2, 0.25) is 0 Å². The second-order valence-electron chi connectivity index (χ2n) is 4.24. The molecule has 2 rings (SSSR count). The molecule has 2 amide bonds. The first-order valence-corrected chi connectivity index (χ1v) is 6.13. The Labute approximate surface area is 120 Å². The van der Waals surface area contributed by atoms with Crippen LogP contribution < -0.4 is 11.1 Å². The van der Waals surface area contributed by atoms with Crippen molar-refractivity contribution < 1.29 is 18.7 Å². The van der Waals surface area contributed by atoms with Crippen molar-refractivity contribution in [2.45, 2.75) is 6.61 Å². The van der Waals surface area contributed by atoms with Crippen molar-refractivity contribution in [1.29, 1.82) is 0 Å². The van der Waals surface area contributed by atoms with Gasteiger partial charge in [0.05, 0.1) is 5.56 Å². The summed E-state index contributed by atoms with van der Waals surface area (Å²) in [5.74, 6) is -1.12. The van der Waals surface area contributed by atoms with E-state index in [9.17, 15) is 14.0 Å². The number of benzene rings is 2. The number of hydrogen-bond donors (Lipinski definition) is 2. The summed E-state index contributed by atoms with van der Waals surface area (Å²) in [6.45, 7) is 0.0525. The lowest BCUT2D eigenvalue weighted by atomic mass is 10.2. The van der Waals surface area contributed by atoms with Gasteiger partial charge in [0.1, 0.15) is 12.4 Å². The van der Waals surface area contributed by atoms with Crippen LogP contribution in [0.4, 0.5) is 14.9 Å². The quantitative estimate of drug-likeness (QED) is 0.907. The minimum absolute atomic E-state index is 0.0290. The molecule has 0 fully saturated rings. The molecule has 0 aromatic heterocycles. The molecule has 0 saturated carbocycles. The van der Waals surface area contributed by atoms with Crippen LogP contribution in [0.3, 0.4) is 0 Å². The van der Waals surface area contributed by atoms with Gasteiger partial charge in [-0.25, -0.2) is 9.18 Å². The van der Waals surface area contributed by atoms with Gasteiger partial charge < -0.3 is 15.8 Å². The molecule has 6 heteroatoms. The second-order valence-corrected chi connectivity index (χ2v) is 4.24. The molecule has 3 N–H and O–H groups in total. The van der Waals surface area contributed by atoms with Crippen molar-refractivity contribution in [3.05, 3.63) is 65.5 Å². The monoisotopic (exact) mass is 288 g/mol. The largest absolute Gasteiger partial charge is 0.445 e. The highest BCUT2D eigenvalue weighted by Gasteiger charge is 2.10. The molecule has 0 heterocycles. The molecule has 0 aliphatic rings. The first-order valence-electron chi connectivity index (χ1n) is 6.13. The molecule has 21 heavy (non-hydrogen) atoms. The summed E-state index contributed by atoms with van der Waals surface area (Å²) in [6.07, 6.45) is -0.855. The zero-order chi connectivity index (χ0) is 15.2. The van der Waals surface area contributed by atoms with Crippen molar-refractivity contribution in [3.63, 3.8) is 0 Å². The number of nitrogens with two attached hydrogens (primary N) is 1. The van der Waals surface area contributed by atoms with Gasteiger partial charge in [-0.3, -0.25) is 4.79 Å². The smallest absolute Gasteiger partial charge is 0.404 e. The highest BCUT2D eigenvalue weighted by Crippen LogP contribution is 2.13. The van der Waals surface area contributed by atoms with Gasteiger partial charge in [-0.2, -0.15) is 0 Å². The number of carbonyl (C=O) groups excluding carboxylic acids is 2. The van der Waals surface area contributed by atoms with E-state index in [1.54, 1.807) is 30.3 Å². The molecule has 0 aliphatic heterocycles. The Bertz CT molecular complexity index is 656. The zero-order valence-electron chi connectivity index (χ0n) is 11.0. The Hall–Kier alpha value is -2.89. The number of amides is 2. The van der Waals surface area contributed by atoms with E-state index in [0.717, 1.165) is 5.56 Å².